The van der Waals surface area contributed by atoms with Crippen LogP contribution in [0.2, 0.25) is 5.02 Å². The van der Waals surface area contributed by atoms with Crippen LogP contribution >= 0.6 is 11.6 Å². The fourth-order valence-electron chi connectivity index (χ4n) is 4.89. The van der Waals surface area contributed by atoms with Gasteiger partial charge in [-0.15, -0.1) is 0 Å². The van der Waals surface area contributed by atoms with E-state index in [2.05, 4.69) is 5.32 Å². The third-order valence-corrected chi connectivity index (χ3v) is 8.22. The van der Waals surface area contributed by atoms with Gasteiger partial charge in [0.15, 0.2) is 0 Å². The van der Waals surface area contributed by atoms with Crippen LogP contribution in [0.15, 0.2) is 59.0 Å². The number of fused-ring (bicyclic) bond motifs is 1. The fraction of sp³-hybridized carbons (Fsp3) is 0.250. The van der Waals surface area contributed by atoms with E-state index in [1.807, 2.05) is 6.07 Å². The van der Waals surface area contributed by atoms with E-state index in [9.17, 15) is 32.2 Å². The summed E-state index contributed by atoms with van der Waals surface area (Å²) in [4.78, 5) is 13.0. The van der Waals surface area contributed by atoms with Gasteiger partial charge in [-0.2, -0.15) is 13.2 Å². The van der Waals surface area contributed by atoms with Crippen molar-refractivity contribution in [1.82, 2.24) is 5.32 Å². The van der Waals surface area contributed by atoms with E-state index >= 15 is 0 Å². The number of anilines is 1. The summed E-state index contributed by atoms with van der Waals surface area (Å²) in [5, 5.41) is 22.6. The second kappa shape index (κ2) is 11.2. The molecule has 1 aliphatic rings. The molecule has 0 radical (unpaired) electrons. The molecular weight excluding hydrogens is 580 g/mol. The van der Waals surface area contributed by atoms with Crippen molar-refractivity contribution in [2.45, 2.75) is 31.5 Å². The van der Waals surface area contributed by atoms with Crippen LogP contribution in [0.4, 0.5) is 18.9 Å². The topological polar surface area (TPSA) is 103 Å². The third kappa shape index (κ3) is 5.87. The summed E-state index contributed by atoms with van der Waals surface area (Å²) in [6.07, 6.45) is -1.68. The Morgan fingerprint density at radius 1 is 1.15 bits per heavy atom. The predicted octanol–water partition coefficient (Wildman–Crippen LogP) is 4.99. The normalized spacial score (nSPS) is 14.2. The summed E-state index contributed by atoms with van der Waals surface area (Å²) >= 11 is 6.05. The zero-order valence-corrected chi connectivity index (χ0v) is 23.5. The second-order valence-electron chi connectivity index (χ2n) is 9.83. The Labute approximate surface area is 241 Å². The van der Waals surface area contributed by atoms with Crippen LogP contribution in [-0.2, 0) is 23.7 Å². The molecule has 1 atom stereocenters. The largest absolute Gasteiger partial charge is 0.489 e. The van der Waals surface area contributed by atoms with Crippen LogP contribution in [0.3, 0.4) is 0 Å². The van der Waals surface area contributed by atoms with Crippen molar-refractivity contribution in [1.29, 1.82) is 0 Å². The van der Waals surface area contributed by atoms with E-state index in [1.165, 1.54) is 23.7 Å². The molecule has 4 aromatic rings. The summed E-state index contributed by atoms with van der Waals surface area (Å²) in [6, 6.07) is 13.5. The molecule has 1 aliphatic carbocycles. The Kier molecular flexibility index (Phi) is 7.95. The van der Waals surface area contributed by atoms with Crippen LogP contribution in [0, 0.1) is 0 Å². The number of carbonyl (C=O) groups excluding carboxylic acids is 1. The molecule has 1 fully saturated rings. The monoisotopic (exact) mass is 604 g/mol. The number of carbonyl (C=O) groups is 1. The van der Waals surface area contributed by atoms with Crippen molar-refractivity contribution in [2.24, 2.45) is 0 Å². The smallest absolute Gasteiger partial charge is 0.455 e. The zero-order valence-electron chi connectivity index (χ0n) is 22.0. The Balaban J connectivity index is 1.66. The molecule has 7 nitrogen and oxygen atoms in total. The average molecular weight is 605 g/mol. The Hall–Kier alpha value is -3.32. The summed E-state index contributed by atoms with van der Waals surface area (Å²) < 4.78 is 61.8. The van der Waals surface area contributed by atoms with Crippen molar-refractivity contribution >= 4 is 57.7 Å². The lowest BCUT2D eigenvalue weighted by molar-refractivity contribution is -0.136. The van der Waals surface area contributed by atoms with E-state index < -0.39 is 35.3 Å². The van der Waals surface area contributed by atoms with Gasteiger partial charge in [-0.05, 0) is 71.7 Å². The first-order valence-electron chi connectivity index (χ1n) is 12.6. The number of benzene rings is 3. The van der Waals surface area contributed by atoms with E-state index in [1.54, 1.807) is 30.3 Å². The van der Waals surface area contributed by atoms with Crippen LogP contribution < -0.4 is 15.1 Å². The molecule has 1 unspecified atom stereocenters. The number of hydrogen-bond acceptors (Lipinski definition) is 5. The zero-order chi connectivity index (χ0) is 29.6. The van der Waals surface area contributed by atoms with Crippen LogP contribution in [0.5, 0.6) is 0 Å². The molecule has 0 bridgehead atoms. The highest BCUT2D eigenvalue weighted by atomic mass is 35.5. The van der Waals surface area contributed by atoms with Gasteiger partial charge in [0, 0.05) is 35.3 Å². The molecule has 3 N–H and O–H groups in total. The molecular formula is C28H25BClF3N2O5S. The molecule has 0 saturated heterocycles. The maximum atomic E-state index is 13.7. The second-order valence-corrected chi connectivity index (χ2v) is 11.6. The van der Waals surface area contributed by atoms with Gasteiger partial charge >= 0.3 is 13.3 Å². The van der Waals surface area contributed by atoms with E-state index in [4.69, 9.17) is 16.0 Å². The van der Waals surface area contributed by atoms with Gasteiger partial charge in [-0.1, -0.05) is 23.7 Å². The molecule has 1 amide bonds. The summed E-state index contributed by atoms with van der Waals surface area (Å²) in [6.45, 7) is -0.160. The van der Waals surface area contributed by atoms with Gasteiger partial charge in [0.1, 0.15) is 22.3 Å². The number of alkyl halides is 3. The van der Waals surface area contributed by atoms with Gasteiger partial charge in [0.05, 0.1) is 23.4 Å². The van der Waals surface area contributed by atoms with E-state index in [0.717, 1.165) is 30.5 Å². The summed E-state index contributed by atoms with van der Waals surface area (Å²) in [7, 11) is -2.46. The standard InChI is InChI=1S/C28H25BClF3N2O5S/c1-34-27(36)25-20-12-19(16-4-5-16)23(13-24(20)40-26(25)17-6-8-18(30)9-7-17)35(41(2)39)14-15-3-10-22(29(37)38)21(11-15)28(31,32)33/h3,6-13,16,37-38H,4-5,14H2,1-2H3,(H,34,36). The number of rotatable bonds is 8. The van der Waals surface area contributed by atoms with Crippen molar-refractivity contribution in [2.75, 3.05) is 17.6 Å². The maximum absolute atomic E-state index is 13.7. The van der Waals surface area contributed by atoms with Crippen molar-refractivity contribution < 1.29 is 36.6 Å². The number of hydrogen-bond donors (Lipinski definition) is 3. The summed E-state index contributed by atoms with van der Waals surface area (Å²) in [5.74, 6) is 0.0848. The molecule has 0 spiro atoms. The lowest BCUT2D eigenvalue weighted by Crippen LogP contribution is -2.36. The van der Waals surface area contributed by atoms with E-state index in [0.29, 0.717) is 38.6 Å². The number of nitrogens with zero attached hydrogens (tertiary/aromatic N) is 1. The fourth-order valence-corrected chi connectivity index (χ4v) is 5.79. The van der Waals surface area contributed by atoms with Crippen LogP contribution in [0.1, 0.15) is 45.8 Å². The highest BCUT2D eigenvalue weighted by Crippen LogP contribution is 2.48. The highest BCUT2D eigenvalue weighted by Gasteiger charge is 2.37. The molecule has 41 heavy (non-hydrogen) atoms. The lowest BCUT2D eigenvalue weighted by atomic mass is 9.76. The quantitative estimate of drug-likeness (QED) is 0.246. The molecule has 3 aromatic carbocycles. The number of amides is 1. The minimum absolute atomic E-state index is 0.115. The van der Waals surface area contributed by atoms with Crippen molar-refractivity contribution in [3.63, 3.8) is 0 Å². The first-order valence-corrected chi connectivity index (χ1v) is 14.5. The minimum atomic E-state index is -4.83. The van der Waals surface area contributed by atoms with Gasteiger partial charge in [0.2, 0.25) is 0 Å². The highest BCUT2D eigenvalue weighted by molar-refractivity contribution is 7.85. The first-order chi connectivity index (χ1) is 19.4. The lowest BCUT2D eigenvalue weighted by Gasteiger charge is -2.25. The molecule has 214 valence electrons. The minimum Gasteiger partial charge on any atom is -0.455 e. The van der Waals surface area contributed by atoms with Crippen molar-refractivity contribution in [3.05, 3.63) is 81.9 Å². The van der Waals surface area contributed by atoms with Crippen molar-refractivity contribution in [3.8, 4) is 11.3 Å². The number of nitrogens with one attached hydrogen (secondary N) is 1. The molecule has 0 aliphatic heterocycles. The third-order valence-electron chi connectivity index (χ3n) is 7.02. The molecule has 1 saturated carbocycles. The van der Waals surface area contributed by atoms with Gasteiger partial charge in [-0.3, -0.25) is 9.10 Å². The van der Waals surface area contributed by atoms with E-state index in [-0.39, 0.29) is 23.9 Å². The molecule has 1 aromatic heterocycles. The Bertz CT molecular complexity index is 1660. The van der Waals surface area contributed by atoms with Gasteiger partial charge in [0.25, 0.3) is 5.91 Å². The maximum Gasteiger partial charge on any atom is 0.489 e. The molecule has 5 rings (SSSR count). The Morgan fingerprint density at radius 3 is 2.39 bits per heavy atom. The Morgan fingerprint density at radius 2 is 1.83 bits per heavy atom. The molecule has 1 heterocycles. The molecule has 13 heteroatoms. The van der Waals surface area contributed by atoms with Crippen LogP contribution in [-0.4, -0.2) is 40.6 Å². The first kappa shape index (κ1) is 29.2. The van der Waals surface area contributed by atoms with Gasteiger partial charge < -0.3 is 19.8 Å². The predicted molar refractivity (Wildman–Crippen MR) is 154 cm³/mol. The summed E-state index contributed by atoms with van der Waals surface area (Å²) in [5.41, 5.74) is 0.941. The average Bonchev–Trinajstić information content (AvgIpc) is 3.70. The van der Waals surface area contributed by atoms with Crippen LogP contribution in [0.25, 0.3) is 22.3 Å². The number of halogens is 4. The van der Waals surface area contributed by atoms with Gasteiger partial charge in [-0.25, -0.2) is 4.21 Å². The number of furan rings is 1. The SMILES string of the molecule is CNC(=O)c1c(-c2ccc(Cl)cc2)oc2cc(N(Cc3ccc(B(O)O)c(C(F)(F)F)c3)S(C)=O)c(C3CC3)cc12.